The van der Waals surface area contributed by atoms with Crippen LogP contribution < -0.4 is 5.32 Å². The molecule has 0 spiro atoms. The molecule has 2 rings (SSSR count). The molecular formula is C24H34N4O2. The molecule has 1 aromatic heterocycles. The molecule has 0 radical (unpaired) electrons. The Balaban J connectivity index is 2.13. The van der Waals surface area contributed by atoms with Crippen molar-refractivity contribution in [2.45, 2.75) is 34.2 Å². The third kappa shape index (κ3) is 6.51. The summed E-state index contributed by atoms with van der Waals surface area (Å²) >= 11 is 0. The third-order valence-corrected chi connectivity index (χ3v) is 4.93. The minimum Gasteiger partial charge on any atom is -0.353 e. The van der Waals surface area contributed by atoms with Gasteiger partial charge in [-0.15, -0.1) is 6.58 Å². The Kier molecular flexibility index (Phi) is 8.27. The minimum atomic E-state index is -0.307. The second-order valence-corrected chi connectivity index (χ2v) is 8.20. The molecule has 1 aromatic carbocycles. The molecule has 6 nitrogen and oxygen atoms in total. The Hall–Kier alpha value is -3.02. The molecule has 0 aliphatic rings. The van der Waals surface area contributed by atoms with E-state index in [1.165, 1.54) is 4.90 Å². The fourth-order valence-electron chi connectivity index (χ4n) is 3.34. The standard InChI is InChI=1S/C24H34N4O2/c1-7-12-27(24(30)25-22-11-10-19(4)14-20(22)5)17-23(29)28(15-18(2)3)16-21-9-8-13-26(21)6/h7-11,13-14,18H,1,12,15-17H2,2-6H3,(H,25,30). The summed E-state index contributed by atoms with van der Waals surface area (Å²) < 4.78 is 2.01. The van der Waals surface area contributed by atoms with Crippen molar-refractivity contribution in [1.82, 2.24) is 14.4 Å². The predicted octanol–water partition coefficient (Wildman–Crippen LogP) is 4.35. The number of nitrogens with zero attached hydrogens (tertiary/aromatic N) is 3. The number of carbonyl (C=O) groups is 2. The van der Waals surface area contributed by atoms with Gasteiger partial charge in [0.2, 0.25) is 5.91 Å². The number of carbonyl (C=O) groups excluding carboxylic acids is 2. The fourth-order valence-corrected chi connectivity index (χ4v) is 3.34. The average molecular weight is 411 g/mol. The van der Waals surface area contributed by atoms with Crippen LogP contribution in [0.15, 0.2) is 49.2 Å². The van der Waals surface area contributed by atoms with Gasteiger partial charge in [-0.3, -0.25) is 4.79 Å². The molecule has 0 saturated carbocycles. The minimum absolute atomic E-state index is 0.0000941. The van der Waals surface area contributed by atoms with Gasteiger partial charge in [0.1, 0.15) is 6.54 Å². The third-order valence-electron chi connectivity index (χ3n) is 4.93. The Bertz CT molecular complexity index is 885. The van der Waals surface area contributed by atoms with Gasteiger partial charge in [0, 0.05) is 37.7 Å². The monoisotopic (exact) mass is 410 g/mol. The Morgan fingerprint density at radius 1 is 1.20 bits per heavy atom. The fraction of sp³-hybridized carbons (Fsp3) is 0.417. The highest BCUT2D eigenvalue weighted by Gasteiger charge is 2.22. The summed E-state index contributed by atoms with van der Waals surface area (Å²) in [5.41, 5.74) is 3.92. The summed E-state index contributed by atoms with van der Waals surface area (Å²) in [5, 5.41) is 2.93. The van der Waals surface area contributed by atoms with Crippen LogP contribution in [0.25, 0.3) is 0 Å². The molecule has 30 heavy (non-hydrogen) atoms. The largest absolute Gasteiger partial charge is 0.353 e. The number of amides is 3. The molecule has 0 bridgehead atoms. The lowest BCUT2D eigenvalue weighted by Crippen LogP contribution is -2.45. The van der Waals surface area contributed by atoms with Crippen LogP contribution in [0.1, 0.15) is 30.7 Å². The molecule has 1 N–H and O–H groups in total. The van der Waals surface area contributed by atoms with E-state index >= 15 is 0 Å². The number of hydrogen-bond donors (Lipinski definition) is 1. The maximum absolute atomic E-state index is 13.1. The van der Waals surface area contributed by atoms with E-state index in [2.05, 4.69) is 25.7 Å². The first kappa shape index (κ1) is 23.3. The summed E-state index contributed by atoms with van der Waals surface area (Å²) in [4.78, 5) is 29.3. The highest BCUT2D eigenvalue weighted by atomic mass is 16.2. The molecule has 2 aromatic rings. The lowest BCUT2D eigenvalue weighted by molar-refractivity contribution is -0.132. The highest BCUT2D eigenvalue weighted by Crippen LogP contribution is 2.17. The van der Waals surface area contributed by atoms with Gasteiger partial charge in [-0.1, -0.05) is 37.6 Å². The van der Waals surface area contributed by atoms with Crippen LogP contribution in [0.2, 0.25) is 0 Å². The lowest BCUT2D eigenvalue weighted by Gasteiger charge is -2.28. The molecule has 0 saturated heterocycles. The molecule has 0 unspecified atom stereocenters. The van der Waals surface area contributed by atoms with Crippen molar-refractivity contribution in [3.63, 3.8) is 0 Å². The first-order valence-electron chi connectivity index (χ1n) is 10.3. The zero-order chi connectivity index (χ0) is 22.3. The van der Waals surface area contributed by atoms with E-state index in [9.17, 15) is 9.59 Å². The van der Waals surface area contributed by atoms with Crippen molar-refractivity contribution >= 4 is 17.6 Å². The molecule has 0 aliphatic carbocycles. The SMILES string of the molecule is C=CCN(CC(=O)N(Cc1cccn1C)CC(C)C)C(=O)Nc1ccc(C)cc1C. The summed E-state index contributed by atoms with van der Waals surface area (Å²) in [5.74, 6) is 0.244. The first-order chi connectivity index (χ1) is 14.2. The Morgan fingerprint density at radius 2 is 1.93 bits per heavy atom. The average Bonchev–Trinajstić information content (AvgIpc) is 3.07. The zero-order valence-electron chi connectivity index (χ0n) is 18.8. The van der Waals surface area contributed by atoms with Crippen molar-refractivity contribution in [2.75, 3.05) is 25.0 Å². The Morgan fingerprint density at radius 3 is 2.50 bits per heavy atom. The zero-order valence-corrected chi connectivity index (χ0v) is 18.8. The van der Waals surface area contributed by atoms with Gasteiger partial charge in [0.15, 0.2) is 0 Å². The van der Waals surface area contributed by atoms with E-state index in [4.69, 9.17) is 0 Å². The van der Waals surface area contributed by atoms with E-state index < -0.39 is 0 Å². The van der Waals surface area contributed by atoms with Crippen LogP contribution in [-0.2, 0) is 18.4 Å². The maximum Gasteiger partial charge on any atom is 0.322 e. The lowest BCUT2D eigenvalue weighted by atomic mass is 10.1. The number of urea groups is 1. The molecule has 0 fully saturated rings. The van der Waals surface area contributed by atoms with Crippen molar-refractivity contribution in [3.8, 4) is 0 Å². The number of anilines is 1. The van der Waals surface area contributed by atoms with Gasteiger partial charge in [-0.25, -0.2) is 4.79 Å². The maximum atomic E-state index is 13.1. The van der Waals surface area contributed by atoms with Crippen molar-refractivity contribution in [3.05, 3.63) is 66.0 Å². The van der Waals surface area contributed by atoms with Crippen LogP contribution in [0, 0.1) is 19.8 Å². The number of hydrogen-bond acceptors (Lipinski definition) is 2. The summed E-state index contributed by atoms with van der Waals surface area (Å²) in [6.45, 7) is 13.3. The van der Waals surface area contributed by atoms with Gasteiger partial charge in [0.05, 0.1) is 6.54 Å². The van der Waals surface area contributed by atoms with E-state index in [0.717, 1.165) is 22.5 Å². The quantitative estimate of drug-likeness (QED) is 0.625. The molecular weight excluding hydrogens is 376 g/mol. The van der Waals surface area contributed by atoms with Gasteiger partial charge >= 0.3 is 6.03 Å². The molecule has 3 amide bonds. The van der Waals surface area contributed by atoms with Gasteiger partial charge < -0.3 is 19.7 Å². The summed E-state index contributed by atoms with van der Waals surface area (Å²) in [6.07, 6.45) is 3.60. The number of rotatable bonds is 9. The Labute approximate surface area is 180 Å². The predicted molar refractivity (Wildman–Crippen MR) is 122 cm³/mol. The molecule has 0 atom stereocenters. The number of aromatic nitrogens is 1. The number of benzene rings is 1. The molecule has 1 heterocycles. The number of nitrogens with one attached hydrogen (secondary N) is 1. The van der Waals surface area contributed by atoms with Crippen molar-refractivity contribution < 1.29 is 9.59 Å². The van der Waals surface area contributed by atoms with Crippen molar-refractivity contribution in [2.24, 2.45) is 13.0 Å². The molecule has 162 valence electrons. The normalized spacial score (nSPS) is 10.7. The first-order valence-corrected chi connectivity index (χ1v) is 10.3. The van der Waals surface area contributed by atoms with Crippen LogP contribution in [-0.4, -0.2) is 45.9 Å². The topological polar surface area (TPSA) is 57.6 Å². The van der Waals surface area contributed by atoms with E-state index in [1.807, 2.05) is 66.9 Å². The molecule has 0 aliphatic heterocycles. The van der Waals surface area contributed by atoms with E-state index in [1.54, 1.807) is 6.08 Å². The smallest absolute Gasteiger partial charge is 0.322 e. The summed E-state index contributed by atoms with van der Waals surface area (Å²) in [6, 6.07) is 9.53. The summed E-state index contributed by atoms with van der Waals surface area (Å²) in [7, 11) is 1.97. The van der Waals surface area contributed by atoms with Gasteiger partial charge in [0.25, 0.3) is 0 Å². The molecule has 6 heteroatoms. The van der Waals surface area contributed by atoms with E-state index in [-0.39, 0.29) is 18.5 Å². The number of aryl methyl sites for hydroxylation is 3. The van der Waals surface area contributed by atoms with Crippen LogP contribution >= 0.6 is 0 Å². The van der Waals surface area contributed by atoms with E-state index in [0.29, 0.717) is 25.6 Å². The van der Waals surface area contributed by atoms with Gasteiger partial charge in [-0.05, 0) is 43.5 Å². The van der Waals surface area contributed by atoms with Crippen LogP contribution in [0.5, 0.6) is 0 Å². The highest BCUT2D eigenvalue weighted by molar-refractivity contribution is 5.93. The van der Waals surface area contributed by atoms with Crippen molar-refractivity contribution in [1.29, 1.82) is 0 Å². The second-order valence-electron chi connectivity index (χ2n) is 8.20. The van der Waals surface area contributed by atoms with Gasteiger partial charge in [-0.2, -0.15) is 0 Å². The van der Waals surface area contributed by atoms with Crippen LogP contribution in [0.3, 0.4) is 0 Å². The van der Waals surface area contributed by atoms with Crippen LogP contribution in [0.4, 0.5) is 10.5 Å². The second kappa shape index (κ2) is 10.7.